The number of aliphatic hydroxyl groups excluding tert-OH is 3. The molecule has 306 valence electrons. The highest BCUT2D eigenvalue weighted by atomic mass is 16.7. The summed E-state index contributed by atoms with van der Waals surface area (Å²) in [6, 6.07) is -0.140. The Labute approximate surface area is 316 Å². The van der Waals surface area contributed by atoms with Gasteiger partial charge in [0.2, 0.25) is 0 Å². The fourth-order valence-electron chi connectivity index (χ4n) is 9.82. The van der Waals surface area contributed by atoms with Crippen molar-refractivity contribution in [1.29, 1.82) is 0 Å². The fourth-order valence-corrected chi connectivity index (χ4v) is 9.82. The molecule has 13 nitrogen and oxygen atoms in total. The minimum Gasteiger partial charge on any atom is -0.488 e. The van der Waals surface area contributed by atoms with E-state index in [0.29, 0.717) is 18.6 Å². The Morgan fingerprint density at radius 2 is 1.68 bits per heavy atom. The van der Waals surface area contributed by atoms with Crippen molar-refractivity contribution in [1.82, 2.24) is 4.90 Å². The van der Waals surface area contributed by atoms with Gasteiger partial charge in [-0.3, -0.25) is 9.69 Å². The van der Waals surface area contributed by atoms with Crippen LogP contribution in [-0.4, -0.2) is 136 Å². The molecule has 2 bridgehead atoms. The largest absolute Gasteiger partial charge is 0.488 e. The number of esters is 1. The van der Waals surface area contributed by atoms with Gasteiger partial charge in [-0.2, -0.15) is 0 Å². The Hall–Kier alpha value is -1.39. The molecule has 5 aliphatic rings. The smallest absolute Gasteiger partial charge is 0.311 e. The Morgan fingerprint density at radius 3 is 2.30 bits per heavy atom. The van der Waals surface area contributed by atoms with E-state index in [-0.39, 0.29) is 25.0 Å². The SMILES string of the molecule is CC[C@@H](O)[C@@](C)(O)[C@@H]1OC(=O)[C@H](C)[C@@H](O[C@H]2CC(C)(OC)[C@@H](O)C(C)O2)[C@H](C)[C@@H](O[C@@H]2OC(C)CC(N3CCCCC3)C2O)C2(C)CC(C)=C(O2)[C@@H]1C. The summed E-state index contributed by atoms with van der Waals surface area (Å²) in [4.78, 5) is 16.7. The normalized spacial score (nSPS) is 46.5. The van der Waals surface area contributed by atoms with Crippen LogP contribution in [-0.2, 0) is 38.0 Å². The highest BCUT2D eigenvalue weighted by Crippen LogP contribution is 2.48. The van der Waals surface area contributed by atoms with Gasteiger partial charge in [0, 0.05) is 31.9 Å². The van der Waals surface area contributed by atoms with E-state index in [9.17, 15) is 25.2 Å². The quantitative estimate of drug-likeness (QED) is 0.251. The van der Waals surface area contributed by atoms with E-state index in [4.69, 9.17) is 33.2 Å². The molecule has 0 aromatic carbocycles. The molecule has 5 heterocycles. The summed E-state index contributed by atoms with van der Waals surface area (Å²) in [5, 5.41) is 45.7. The number of carbonyl (C=O) groups excluding carboxylic acids is 1. The van der Waals surface area contributed by atoms with Crippen molar-refractivity contribution in [2.45, 2.75) is 198 Å². The lowest BCUT2D eigenvalue weighted by Crippen LogP contribution is -2.61. The van der Waals surface area contributed by atoms with Gasteiger partial charge in [-0.25, -0.2) is 0 Å². The first-order valence-corrected chi connectivity index (χ1v) is 20.0. The van der Waals surface area contributed by atoms with E-state index in [1.807, 2.05) is 34.6 Å². The van der Waals surface area contributed by atoms with Gasteiger partial charge in [0.25, 0.3) is 0 Å². The number of nitrogens with zero attached hydrogens (tertiary/aromatic N) is 1. The zero-order valence-electron chi connectivity index (χ0n) is 33.9. The van der Waals surface area contributed by atoms with Crippen molar-refractivity contribution in [3.05, 3.63) is 11.3 Å². The van der Waals surface area contributed by atoms with Crippen LogP contribution < -0.4 is 0 Å². The standard InChI is InChI=1S/C40H69NO12/c1-12-28(42)40(10,46)35-23(4)31-21(2)19-39(9,53-31)34(52-37-30(43)27(18-22(3)48-37)41-16-14-13-15-17-41)24(5)32(25(6)36(45)51-35)50-29-20-38(8,47-11)33(44)26(7)49-29/h22-30,32-35,37,42-44,46H,12-20H2,1-11H3/t22?,23-,24-,25+,26?,27?,28+,29-,30?,32-,33-,34+,35+,37-,38?,39?,40+/m0/s1. The lowest BCUT2D eigenvalue weighted by atomic mass is 9.78. The van der Waals surface area contributed by atoms with Gasteiger partial charge in [-0.05, 0) is 92.8 Å². The number of methoxy groups -OCH3 is 1. The summed E-state index contributed by atoms with van der Waals surface area (Å²) >= 11 is 0. The summed E-state index contributed by atoms with van der Waals surface area (Å²) in [5.41, 5.74) is -2.93. The third-order valence-corrected chi connectivity index (χ3v) is 13.1. The number of carbonyl (C=O) groups is 1. The molecule has 13 heteroatoms. The summed E-state index contributed by atoms with van der Waals surface area (Å²) in [7, 11) is 1.54. The van der Waals surface area contributed by atoms with Gasteiger partial charge < -0.3 is 53.6 Å². The van der Waals surface area contributed by atoms with E-state index in [1.54, 1.807) is 27.7 Å². The second kappa shape index (κ2) is 16.6. The van der Waals surface area contributed by atoms with Crippen molar-refractivity contribution < 1.29 is 58.4 Å². The molecule has 4 saturated heterocycles. The minimum absolute atomic E-state index is 0.140. The van der Waals surface area contributed by atoms with Crippen LogP contribution in [0.5, 0.6) is 0 Å². The van der Waals surface area contributed by atoms with E-state index < -0.39 is 95.8 Å². The molecule has 17 atom stereocenters. The van der Waals surface area contributed by atoms with Gasteiger partial charge in [0.05, 0.1) is 41.9 Å². The molecule has 5 rings (SSSR count). The maximum Gasteiger partial charge on any atom is 0.311 e. The molecule has 4 N–H and O–H groups in total. The average molecular weight is 756 g/mol. The van der Waals surface area contributed by atoms with Crippen LogP contribution in [0.2, 0.25) is 0 Å². The molecule has 0 amide bonds. The second-order valence-corrected chi connectivity index (χ2v) is 17.5. The van der Waals surface area contributed by atoms with Crippen molar-refractivity contribution in [2.75, 3.05) is 20.2 Å². The van der Waals surface area contributed by atoms with Crippen LogP contribution in [0.3, 0.4) is 0 Å². The number of fused-ring (bicyclic) bond motifs is 2. The molecule has 0 aromatic heterocycles. The molecular formula is C40H69NO12. The first kappa shape index (κ1) is 42.7. The summed E-state index contributed by atoms with van der Waals surface area (Å²) < 4.78 is 45.4. The molecule has 5 aliphatic heterocycles. The number of hydrogen-bond donors (Lipinski definition) is 4. The van der Waals surface area contributed by atoms with E-state index in [0.717, 1.165) is 31.5 Å². The number of aliphatic hydroxyl groups is 4. The Bertz CT molecular complexity index is 1290. The van der Waals surface area contributed by atoms with Gasteiger partial charge in [0.1, 0.15) is 41.4 Å². The van der Waals surface area contributed by atoms with Crippen molar-refractivity contribution in [3.63, 3.8) is 0 Å². The first-order chi connectivity index (χ1) is 24.8. The molecule has 53 heavy (non-hydrogen) atoms. The first-order valence-electron chi connectivity index (χ1n) is 20.0. The van der Waals surface area contributed by atoms with Gasteiger partial charge in [-0.1, -0.05) is 27.2 Å². The molecule has 0 spiro atoms. The molecule has 0 saturated carbocycles. The Morgan fingerprint density at radius 1 is 1.02 bits per heavy atom. The van der Waals surface area contributed by atoms with Crippen LogP contribution in [0.4, 0.5) is 0 Å². The highest BCUT2D eigenvalue weighted by molar-refractivity contribution is 5.73. The Balaban J connectivity index is 1.57. The fraction of sp³-hybridized carbons (Fsp3) is 0.925. The summed E-state index contributed by atoms with van der Waals surface area (Å²) in [6.45, 7) is 20.0. The third kappa shape index (κ3) is 8.50. The zero-order chi connectivity index (χ0) is 39.2. The minimum atomic E-state index is -1.82. The maximum absolute atomic E-state index is 14.4. The monoisotopic (exact) mass is 755 g/mol. The third-order valence-electron chi connectivity index (χ3n) is 13.1. The van der Waals surface area contributed by atoms with Gasteiger partial charge >= 0.3 is 5.97 Å². The maximum atomic E-state index is 14.4. The molecular weight excluding hydrogens is 686 g/mol. The van der Waals surface area contributed by atoms with Crippen LogP contribution >= 0.6 is 0 Å². The van der Waals surface area contributed by atoms with Crippen molar-refractivity contribution in [2.24, 2.45) is 17.8 Å². The molecule has 4 fully saturated rings. The number of ether oxygens (including phenoxy) is 7. The summed E-state index contributed by atoms with van der Waals surface area (Å²) in [5.74, 6) is -2.21. The van der Waals surface area contributed by atoms with Gasteiger partial charge in [-0.15, -0.1) is 0 Å². The van der Waals surface area contributed by atoms with Gasteiger partial charge in [0.15, 0.2) is 12.6 Å². The lowest BCUT2D eigenvalue weighted by molar-refractivity contribution is -0.317. The van der Waals surface area contributed by atoms with E-state index in [1.165, 1.54) is 20.5 Å². The van der Waals surface area contributed by atoms with E-state index in [2.05, 4.69) is 4.90 Å². The predicted octanol–water partition coefficient (Wildman–Crippen LogP) is 3.82. The van der Waals surface area contributed by atoms with Crippen molar-refractivity contribution >= 4 is 5.97 Å². The number of likely N-dealkylation sites (tertiary alicyclic amines) is 1. The Kier molecular flexibility index (Phi) is 13.4. The summed E-state index contributed by atoms with van der Waals surface area (Å²) in [6.07, 6.45) is -3.68. The topological polar surface area (TPSA) is 166 Å². The zero-order valence-corrected chi connectivity index (χ0v) is 33.9. The molecule has 0 radical (unpaired) electrons. The van der Waals surface area contributed by atoms with E-state index >= 15 is 0 Å². The predicted molar refractivity (Wildman–Crippen MR) is 195 cm³/mol. The van der Waals surface area contributed by atoms with Crippen LogP contribution in [0.25, 0.3) is 0 Å². The number of cyclic esters (lactones) is 1. The average Bonchev–Trinajstić information content (AvgIpc) is 3.44. The second-order valence-electron chi connectivity index (χ2n) is 17.5. The number of rotatable bonds is 9. The number of piperidine rings is 1. The number of hydrogen-bond acceptors (Lipinski definition) is 13. The van der Waals surface area contributed by atoms with Crippen LogP contribution in [0, 0.1) is 17.8 Å². The highest BCUT2D eigenvalue weighted by Gasteiger charge is 2.57. The van der Waals surface area contributed by atoms with Crippen LogP contribution in [0.1, 0.15) is 114 Å². The molecule has 0 aliphatic carbocycles. The molecule has 0 aromatic rings. The van der Waals surface area contributed by atoms with Crippen LogP contribution in [0.15, 0.2) is 11.3 Å². The lowest BCUT2D eigenvalue weighted by Gasteiger charge is -2.49. The molecule has 6 unspecified atom stereocenters. The van der Waals surface area contributed by atoms with Crippen molar-refractivity contribution in [3.8, 4) is 0 Å².